The van der Waals surface area contributed by atoms with Crippen molar-refractivity contribution >= 4 is 33.2 Å². The Hall–Kier alpha value is -5.03. The Bertz CT molecular complexity index is 1780. The highest BCUT2D eigenvalue weighted by molar-refractivity contribution is 7.93. The Morgan fingerprint density at radius 1 is 0.933 bits per heavy atom. The third-order valence-corrected chi connectivity index (χ3v) is 9.23. The summed E-state index contributed by atoms with van der Waals surface area (Å²) in [7, 11) is -1.47. The molecule has 0 bridgehead atoms. The second kappa shape index (κ2) is 13.7. The van der Waals surface area contributed by atoms with Gasteiger partial charge in [0.1, 0.15) is 28.7 Å². The van der Waals surface area contributed by atoms with Crippen molar-refractivity contribution in [3.8, 4) is 17.2 Å². The van der Waals surface area contributed by atoms with Crippen molar-refractivity contribution in [2.75, 3.05) is 43.1 Å². The van der Waals surface area contributed by atoms with Gasteiger partial charge in [-0.15, -0.1) is 0 Å². The normalized spacial score (nSPS) is 14.1. The first kappa shape index (κ1) is 31.4. The first-order chi connectivity index (χ1) is 21.7. The summed E-state index contributed by atoms with van der Waals surface area (Å²) < 4.78 is 46.4. The molecule has 1 aliphatic rings. The lowest BCUT2D eigenvalue weighted by atomic mass is 10.1. The second-order valence-electron chi connectivity index (χ2n) is 10.5. The van der Waals surface area contributed by atoms with Gasteiger partial charge >= 0.3 is 0 Å². The molecule has 1 heterocycles. The van der Waals surface area contributed by atoms with E-state index in [4.69, 9.17) is 14.2 Å². The van der Waals surface area contributed by atoms with Crippen molar-refractivity contribution in [3.63, 3.8) is 0 Å². The first-order valence-electron chi connectivity index (χ1n) is 14.4. The maximum atomic E-state index is 14.3. The summed E-state index contributed by atoms with van der Waals surface area (Å²) in [4.78, 5) is 28.7. The average molecular weight is 630 g/mol. The minimum Gasteiger partial charge on any atom is -0.497 e. The summed E-state index contributed by atoms with van der Waals surface area (Å²) in [6.07, 6.45) is -0.368. The SMILES string of the molecule is COc1cccc(N(CC(=O)N2C[C@H](C(=O)NCCc3ccccc3)Oc3ccccc32)S(=O)(=O)c2cc(C)ccc2OC)c1. The molecule has 0 spiro atoms. The maximum Gasteiger partial charge on any atom is 0.268 e. The summed E-state index contributed by atoms with van der Waals surface area (Å²) in [6, 6.07) is 27.9. The van der Waals surface area contributed by atoms with Crippen LogP contribution in [-0.4, -0.2) is 60.2 Å². The van der Waals surface area contributed by atoms with E-state index in [0.717, 1.165) is 9.87 Å². The fourth-order valence-electron chi connectivity index (χ4n) is 5.09. The molecule has 2 amide bonds. The highest BCUT2D eigenvalue weighted by Gasteiger charge is 2.37. The number of hydrogen-bond donors (Lipinski definition) is 1. The number of aryl methyl sites for hydroxylation is 1. The number of amides is 2. The quantitative estimate of drug-likeness (QED) is 0.262. The number of carbonyl (C=O) groups excluding carboxylic acids is 2. The van der Waals surface area contributed by atoms with Gasteiger partial charge in [-0.25, -0.2) is 8.42 Å². The van der Waals surface area contributed by atoms with Gasteiger partial charge in [0.15, 0.2) is 6.10 Å². The molecule has 5 rings (SSSR count). The highest BCUT2D eigenvalue weighted by Crippen LogP contribution is 2.35. The number of nitrogens with zero attached hydrogens (tertiary/aromatic N) is 2. The van der Waals surface area contributed by atoms with Crippen LogP contribution in [0.1, 0.15) is 11.1 Å². The molecule has 0 saturated heterocycles. The molecule has 0 aromatic heterocycles. The van der Waals surface area contributed by atoms with Crippen LogP contribution in [0, 0.1) is 6.92 Å². The number of benzene rings is 4. The number of nitrogens with one attached hydrogen (secondary N) is 1. The topological polar surface area (TPSA) is 114 Å². The Morgan fingerprint density at radius 2 is 1.69 bits per heavy atom. The van der Waals surface area contributed by atoms with Crippen molar-refractivity contribution in [1.82, 2.24) is 5.32 Å². The van der Waals surface area contributed by atoms with Crippen LogP contribution >= 0.6 is 0 Å². The molecule has 0 unspecified atom stereocenters. The number of sulfonamides is 1. The number of fused-ring (bicyclic) bond motifs is 1. The van der Waals surface area contributed by atoms with Gasteiger partial charge < -0.3 is 24.4 Å². The third kappa shape index (κ3) is 7.04. The lowest BCUT2D eigenvalue weighted by Gasteiger charge is -2.35. The number of carbonyl (C=O) groups is 2. The second-order valence-corrected chi connectivity index (χ2v) is 12.3. The van der Waals surface area contributed by atoms with Crippen molar-refractivity contribution in [2.45, 2.75) is 24.3 Å². The molecule has 234 valence electrons. The van der Waals surface area contributed by atoms with E-state index in [0.29, 0.717) is 35.7 Å². The number of anilines is 2. The molecular weight excluding hydrogens is 594 g/mol. The molecule has 1 N–H and O–H groups in total. The van der Waals surface area contributed by atoms with Crippen LogP contribution in [0.3, 0.4) is 0 Å². The van der Waals surface area contributed by atoms with Crippen LogP contribution in [0.15, 0.2) is 102 Å². The minimum atomic E-state index is -4.33. The van der Waals surface area contributed by atoms with E-state index in [2.05, 4.69) is 5.32 Å². The van der Waals surface area contributed by atoms with Gasteiger partial charge in [0, 0.05) is 12.6 Å². The van der Waals surface area contributed by atoms with E-state index in [1.807, 2.05) is 30.3 Å². The van der Waals surface area contributed by atoms with Crippen LogP contribution in [-0.2, 0) is 26.0 Å². The van der Waals surface area contributed by atoms with Gasteiger partial charge in [-0.05, 0) is 60.9 Å². The number of hydrogen-bond acceptors (Lipinski definition) is 7. The predicted molar refractivity (Wildman–Crippen MR) is 172 cm³/mol. The lowest BCUT2D eigenvalue weighted by molar-refractivity contribution is -0.128. The van der Waals surface area contributed by atoms with E-state index in [-0.39, 0.29) is 28.8 Å². The van der Waals surface area contributed by atoms with Crippen LogP contribution in [0.5, 0.6) is 17.2 Å². The molecule has 0 radical (unpaired) electrons. The Labute approximate surface area is 263 Å². The van der Waals surface area contributed by atoms with E-state index in [1.165, 1.54) is 25.2 Å². The van der Waals surface area contributed by atoms with Gasteiger partial charge in [0.2, 0.25) is 5.91 Å². The molecular formula is C34H35N3O7S. The smallest absolute Gasteiger partial charge is 0.268 e. The molecule has 1 aliphatic heterocycles. The molecule has 0 saturated carbocycles. The lowest BCUT2D eigenvalue weighted by Crippen LogP contribution is -2.53. The largest absolute Gasteiger partial charge is 0.497 e. The summed E-state index contributed by atoms with van der Waals surface area (Å²) in [5, 5.41) is 2.90. The van der Waals surface area contributed by atoms with Gasteiger partial charge in [0.25, 0.3) is 15.9 Å². The summed E-state index contributed by atoms with van der Waals surface area (Å²) >= 11 is 0. The standard InChI is InChI=1S/C34H35N3O7S/c1-24-16-17-30(43-3)32(20-24)45(40,41)37(26-12-9-13-27(21-26)42-2)23-33(38)36-22-31(44-29-15-8-7-14-28(29)36)34(39)35-19-18-25-10-5-4-6-11-25/h4-17,20-21,31H,18-19,22-23H2,1-3H3,(H,35,39)/t31-/m1/s1. The molecule has 11 heteroatoms. The zero-order valence-corrected chi connectivity index (χ0v) is 26.1. The fourth-order valence-corrected chi connectivity index (χ4v) is 6.74. The number of para-hydroxylation sites is 2. The van der Waals surface area contributed by atoms with Crippen LogP contribution in [0.25, 0.3) is 0 Å². The summed E-state index contributed by atoms with van der Waals surface area (Å²) in [5.41, 5.74) is 2.44. The van der Waals surface area contributed by atoms with Gasteiger partial charge in [-0.3, -0.25) is 13.9 Å². The Kier molecular flexibility index (Phi) is 9.58. The van der Waals surface area contributed by atoms with E-state index >= 15 is 0 Å². The first-order valence-corrected chi connectivity index (χ1v) is 15.8. The summed E-state index contributed by atoms with van der Waals surface area (Å²) in [6.45, 7) is 1.49. The number of methoxy groups -OCH3 is 2. The zero-order chi connectivity index (χ0) is 32.0. The monoisotopic (exact) mass is 629 g/mol. The Morgan fingerprint density at radius 3 is 2.44 bits per heavy atom. The highest BCUT2D eigenvalue weighted by atomic mass is 32.2. The number of ether oxygens (including phenoxy) is 3. The maximum absolute atomic E-state index is 14.3. The van der Waals surface area contributed by atoms with Crippen molar-refractivity contribution < 1.29 is 32.2 Å². The van der Waals surface area contributed by atoms with Crippen molar-refractivity contribution in [1.29, 1.82) is 0 Å². The van der Waals surface area contributed by atoms with Gasteiger partial charge in [-0.1, -0.05) is 54.6 Å². The van der Waals surface area contributed by atoms with Gasteiger partial charge in [0.05, 0.1) is 32.1 Å². The Balaban J connectivity index is 1.44. The molecule has 1 atom stereocenters. The minimum absolute atomic E-state index is 0.0846. The third-order valence-electron chi connectivity index (χ3n) is 7.43. The van der Waals surface area contributed by atoms with Gasteiger partial charge in [-0.2, -0.15) is 0 Å². The van der Waals surface area contributed by atoms with E-state index in [9.17, 15) is 18.0 Å². The molecule has 45 heavy (non-hydrogen) atoms. The zero-order valence-electron chi connectivity index (χ0n) is 25.3. The molecule has 0 aliphatic carbocycles. The van der Waals surface area contributed by atoms with Crippen LogP contribution < -0.4 is 28.7 Å². The van der Waals surface area contributed by atoms with Crippen LogP contribution in [0.4, 0.5) is 11.4 Å². The molecule has 0 fully saturated rings. The predicted octanol–water partition coefficient (Wildman–Crippen LogP) is 4.36. The molecule has 10 nitrogen and oxygen atoms in total. The number of rotatable bonds is 11. The van der Waals surface area contributed by atoms with E-state index in [1.54, 1.807) is 67.6 Å². The van der Waals surface area contributed by atoms with E-state index < -0.39 is 28.6 Å². The summed E-state index contributed by atoms with van der Waals surface area (Å²) in [5.74, 6) is -0.0208. The van der Waals surface area contributed by atoms with Crippen molar-refractivity contribution in [3.05, 3.63) is 108 Å². The molecule has 4 aromatic carbocycles. The fraction of sp³-hybridized carbons (Fsp3) is 0.235. The average Bonchev–Trinajstić information content (AvgIpc) is 3.06. The van der Waals surface area contributed by atoms with Crippen molar-refractivity contribution in [2.24, 2.45) is 0 Å². The van der Waals surface area contributed by atoms with Crippen LogP contribution in [0.2, 0.25) is 0 Å². The molecule has 4 aromatic rings.